The number of carbonyl (C=O) groups excluding carboxylic acids is 2. The zero-order valence-electron chi connectivity index (χ0n) is 16.5. The van der Waals surface area contributed by atoms with Gasteiger partial charge in [0.05, 0.1) is 18.3 Å². The Morgan fingerprint density at radius 3 is 2.68 bits per heavy atom. The topological polar surface area (TPSA) is 84.0 Å². The van der Waals surface area contributed by atoms with E-state index in [1.54, 1.807) is 11.6 Å². The lowest BCUT2D eigenvalue weighted by Gasteiger charge is -2.26. The quantitative estimate of drug-likeness (QED) is 0.739. The van der Waals surface area contributed by atoms with Gasteiger partial charge in [-0.15, -0.1) is 11.3 Å². The lowest BCUT2D eigenvalue weighted by molar-refractivity contribution is -0.127. The minimum absolute atomic E-state index is 0.108. The highest BCUT2D eigenvalue weighted by atomic mass is 32.1. The van der Waals surface area contributed by atoms with Crippen LogP contribution in [0.3, 0.4) is 0 Å². The second-order valence-corrected chi connectivity index (χ2v) is 8.53. The summed E-state index contributed by atoms with van der Waals surface area (Å²) in [6.45, 7) is 4.49. The summed E-state index contributed by atoms with van der Waals surface area (Å²) in [6, 6.07) is 5.42. The molecule has 2 aromatic rings. The number of pyridine rings is 1. The normalized spacial score (nSPS) is 16.0. The van der Waals surface area contributed by atoms with Gasteiger partial charge < -0.3 is 10.6 Å². The Labute approximate surface area is 170 Å². The highest BCUT2D eigenvalue weighted by Crippen LogP contribution is 2.28. The zero-order valence-corrected chi connectivity index (χ0v) is 17.3. The van der Waals surface area contributed by atoms with Gasteiger partial charge in [-0.25, -0.2) is 4.98 Å². The van der Waals surface area contributed by atoms with Crippen LogP contribution < -0.4 is 10.6 Å². The van der Waals surface area contributed by atoms with Crippen molar-refractivity contribution in [2.45, 2.75) is 58.5 Å². The predicted octanol–water partition coefficient (Wildman–Crippen LogP) is 3.86. The van der Waals surface area contributed by atoms with Crippen molar-refractivity contribution in [3.63, 3.8) is 0 Å². The van der Waals surface area contributed by atoms with Gasteiger partial charge >= 0.3 is 0 Å². The van der Waals surface area contributed by atoms with Crippen molar-refractivity contribution in [3.05, 3.63) is 46.2 Å². The number of amides is 2. The van der Waals surface area contributed by atoms with E-state index in [1.807, 2.05) is 18.2 Å². The van der Waals surface area contributed by atoms with Crippen LogP contribution in [0.4, 0.5) is 0 Å². The van der Waals surface area contributed by atoms with Gasteiger partial charge in [0.2, 0.25) is 5.91 Å². The van der Waals surface area contributed by atoms with E-state index in [2.05, 4.69) is 34.4 Å². The Balaban J connectivity index is 1.62. The molecule has 0 radical (unpaired) electrons. The molecule has 2 heterocycles. The molecule has 150 valence electrons. The summed E-state index contributed by atoms with van der Waals surface area (Å²) in [5.41, 5.74) is 1.18. The van der Waals surface area contributed by atoms with Crippen LogP contribution in [0.25, 0.3) is 0 Å². The van der Waals surface area contributed by atoms with Crippen LogP contribution in [-0.4, -0.2) is 21.8 Å². The number of hydrogen-bond acceptors (Lipinski definition) is 5. The average Bonchev–Trinajstić information content (AvgIpc) is 3.21. The molecule has 0 unspecified atom stereocenters. The average molecular weight is 401 g/mol. The van der Waals surface area contributed by atoms with E-state index in [0.717, 1.165) is 36.4 Å². The molecule has 0 aromatic carbocycles. The Morgan fingerprint density at radius 1 is 1.21 bits per heavy atom. The first-order chi connectivity index (χ1) is 13.5. The van der Waals surface area contributed by atoms with Crippen molar-refractivity contribution in [3.8, 4) is 0 Å². The maximum atomic E-state index is 12.7. The molecule has 1 atom stereocenters. The van der Waals surface area contributed by atoms with Crippen LogP contribution >= 0.6 is 11.3 Å². The minimum atomic E-state index is -0.228. The first kappa shape index (κ1) is 20.5. The monoisotopic (exact) mass is 400 g/mol. The van der Waals surface area contributed by atoms with Crippen LogP contribution in [0.5, 0.6) is 0 Å². The number of carbonyl (C=O) groups is 2. The van der Waals surface area contributed by atoms with Crippen LogP contribution in [0.15, 0.2) is 29.8 Å². The summed E-state index contributed by atoms with van der Waals surface area (Å²) in [5, 5.41) is 8.56. The van der Waals surface area contributed by atoms with Crippen molar-refractivity contribution in [2.24, 2.45) is 11.8 Å². The van der Waals surface area contributed by atoms with Gasteiger partial charge in [-0.3, -0.25) is 14.6 Å². The van der Waals surface area contributed by atoms with Gasteiger partial charge in [0, 0.05) is 17.5 Å². The standard InChI is InChI=1S/C21H28N4O2S/c1-14(2)18(25-19(26)15-8-4-3-5-9-15)21-24-17(13-28-21)20(27)23-12-16-10-6-7-11-22-16/h6-7,10-11,13-15,18H,3-5,8-9,12H2,1-2H3,(H,23,27)(H,25,26)/t18-/m0/s1. The molecule has 7 heteroatoms. The van der Waals surface area contributed by atoms with Crippen LogP contribution in [0.2, 0.25) is 0 Å². The molecule has 1 aliphatic carbocycles. The molecule has 6 nitrogen and oxygen atoms in total. The van der Waals surface area contributed by atoms with Crippen molar-refractivity contribution >= 4 is 23.2 Å². The molecule has 0 saturated heterocycles. The Bertz CT molecular complexity index is 785. The Morgan fingerprint density at radius 2 is 2.00 bits per heavy atom. The van der Waals surface area contributed by atoms with Gasteiger partial charge in [0.15, 0.2) is 0 Å². The molecule has 1 fully saturated rings. The SMILES string of the molecule is CC(C)[C@H](NC(=O)C1CCCCC1)c1nc(C(=O)NCc2ccccn2)cs1. The summed E-state index contributed by atoms with van der Waals surface area (Å²) >= 11 is 1.42. The van der Waals surface area contributed by atoms with E-state index in [4.69, 9.17) is 0 Å². The number of thiazole rings is 1. The molecule has 1 saturated carbocycles. The van der Waals surface area contributed by atoms with Gasteiger partial charge in [-0.1, -0.05) is 39.2 Å². The largest absolute Gasteiger partial charge is 0.346 e. The number of rotatable bonds is 7. The summed E-state index contributed by atoms with van der Waals surface area (Å²) in [7, 11) is 0. The van der Waals surface area contributed by atoms with Crippen molar-refractivity contribution in [1.29, 1.82) is 0 Å². The molecule has 0 aliphatic heterocycles. The molecular weight excluding hydrogens is 372 g/mol. The number of hydrogen-bond donors (Lipinski definition) is 2. The number of nitrogens with one attached hydrogen (secondary N) is 2. The lowest BCUT2D eigenvalue weighted by atomic mass is 9.88. The molecule has 0 spiro atoms. The first-order valence-corrected chi connectivity index (χ1v) is 10.9. The maximum absolute atomic E-state index is 12.7. The third kappa shape index (κ3) is 5.38. The van der Waals surface area contributed by atoms with E-state index >= 15 is 0 Å². The minimum Gasteiger partial charge on any atom is -0.346 e. The number of aromatic nitrogens is 2. The predicted molar refractivity (Wildman–Crippen MR) is 110 cm³/mol. The maximum Gasteiger partial charge on any atom is 0.271 e. The fraction of sp³-hybridized carbons (Fsp3) is 0.524. The summed E-state index contributed by atoms with van der Waals surface area (Å²) in [5.74, 6) is 0.197. The van der Waals surface area contributed by atoms with E-state index in [-0.39, 0.29) is 29.7 Å². The second kappa shape index (κ2) is 9.78. The third-order valence-electron chi connectivity index (χ3n) is 5.12. The zero-order chi connectivity index (χ0) is 19.9. The van der Waals surface area contributed by atoms with Gasteiger partial charge in [-0.2, -0.15) is 0 Å². The van der Waals surface area contributed by atoms with E-state index in [1.165, 1.54) is 17.8 Å². The first-order valence-electron chi connectivity index (χ1n) is 9.98. The number of nitrogens with zero attached hydrogens (tertiary/aromatic N) is 2. The molecule has 3 rings (SSSR count). The van der Waals surface area contributed by atoms with Gasteiger partial charge in [-0.05, 0) is 30.9 Å². The fourth-order valence-corrected chi connectivity index (χ4v) is 4.47. The summed E-state index contributed by atoms with van der Waals surface area (Å²) in [6.07, 6.45) is 7.11. The van der Waals surface area contributed by atoms with Crippen LogP contribution in [-0.2, 0) is 11.3 Å². The molecule has 2 N–H and O–H groups in total. The lowest BCUT2D eigenvalue weighted by Crippen LogP contribution is -2.37. The third-order valence-corrected chi connectivity index (χ3v) is 6.05. The van der Waals surface area contributed by atoms with E-state index in [0.29, 0.717) is 12.2 Å². The molecule has 2 aromatic heterocycles. The Kier molecular flexibility index (Phi) is 7.14. The smallest absolute Gasteiger partial charge is 0.271 e. The summed E-state index contributed by atoms with van der Waals surface area (Å²) < 4.78 is 0. The van der Waals surface area contributed by atoms with E-state index in [9.17, 15) is 9.59 Å². The highest BCUT2D eigenvalue weighted by molar-refractivity contribution is 7.09. The van der Waals surface area contributed by atoms with Crippen molar-refractivity contribution in [1.82, 2.24) is 20.6 Å². The molecule has 1 aliphatic rings. The van der Waals surface area contributed by atoms with E-state index < -0.39 is 0 Å². The Hall–Kier alpha value is -2.28. The summed E-state index contributed by atoms with van der Waals surface area (Å²) in [4.78, 5) is 33.8. The second-order valence-electron chi connectivity index (χ2n) is 7.64. The van der Waals surface area contributed by atoms with Crippen molar-refractivity contribution in [2.75, 3.05) is 0 Å². The molecule has 0 bridgehead atoms. The van der Waals surface area contributed by atoms with Crippen molar-refractivity contribution < 1.29 is 9.59 Å². The molecule has 2 amide bonds. The van der Waals surface area contributed by atoms with Crippen LogP contribution in [0, 0.1) is 11.8 Å². The van der Waals surface area contributed by atoms with Gasteiger partial charge in [0.1, 0.15) is 10.7 Å². The van der Waals surface area contributed by atoms with Crippen LogP contribution in [0.1, 0.15) is 73.2 Å². The highest BCUT2D eigenvalue weighted by Gasteiger charge is 2.27. The molecule has 28 heavy (non-hydrogen) atoms. The van der Waals surface area contributed by atoms with Gasteiger partial charge in [0.25, 0.3) is 5.91 Å². The molecular formula is C21H28N4O2S. The fourth-order valence-electron chi connectivity index (χ4n) is 3.45.